The Kier molecular flexibility index (Phi) is 6.37. The van der Waals surface area contributed by atoms with Gasteiger partial charge in [-0.2, -0.15) is 0 Å². The first-order chi connectivity index (χ1) is 11.8. The van der Waals surface area contributed by atoms with E-state index in [-0.39, 0.29) is 16.7 Å². The lowest BCUT2D eigenvalue weighted by Crippen LogP contribution is -2.16. The summed E-state index contributed by atoms with van der Waals surface area (Å²) in [5.74, 6) is 0.228. The number of anilines is 1. The highest BCUT2D eigenvalue weighted by Crippen LogP contribution is 2.21. The van der Waals surface area contributed by atoms with Gasteiger partial charge in [0.2, 0.25) is 5.91 Å². The van der Waals surface area contributed by atoms with E-state index in [4.69, 9.17) is 0 Å². The third kappa shape index (κ3) is 6.02. The van der Waals surface area contributed by atoms with Crippen LogP contribution >= 0.6 is 0 Å². The number of aryl methyl sites for hydroxylation is 2. The quantitative estimate of drug-likeness (QED) is 0.813. The molecule has 0 spiro atoms. The van der Waals surface area contributed by atoms with Gasteiger partial charge in [-0.3, -0.25) is 4.79 Å². The summed E-state index contributed by atoms with van der Waals surface area (Å²) < 4.78 is 23.1. The Bertz CT molecular complexity index is 829. The van der Waals surface area contributed by atoms with Crippen molar-refractivity contribution in [3.63, 3.8) is 0 Å². The van der Waals surface area contributed by atoms with E-state index in [1.165, 1.54) is 17.9 Å². The van der Waals surface area contributed by atoms with Crippen molar-refractivity contribution in [2.75, 3.05) is 11.6 Å². The second-order valence-corrected chi connectivity index (χ2v) is 8.65. The molecule has 1 unspecified atom stereocenters. The van der Waals surface area contributed by atoms with Gasteiger partial charge in [0.1, 0.15) is 0 Å². The Morgan fingerprint density at radius 2 is 1.80 bits per heavy atom. The van der Waals surface area contributed by atoms with Gasteiger partial charge in [0, 0.05) is 18.4 Å². The van der Waals surface area contributed by atoms with Gasteiger partial charge in [-0.25, -0.2) is 8.42 Å². The topological polar surface area (TPSA) is 63.2 Å². The van der Waals surface area contributed by atoms with Crippen molar-refractivity contribution in [2.45, 2.75) is 38.0 Å². The van der Waals surface area contributed by atoms with Crippen LogP contribution in [0.15, 0.2) is 53.4 Å². The molecule has 0 aliphatic carbocycles. The van der Waals surface area contributed by atoms with Crippen LogP contribution in [0.3, 0.4) is 0 Å². The van der Waals surface area contributed by atoms with Gasteiger partial charge >= 0.3 is 0 Å². The van der Waals surface area contributed by atoms with Crippen LogP contribution < -0.4 is 5.32 Å². The average molecular weight is 359 g/mol. The molecule has 1 amide bonds. The molecule has 0 heterocycles. The molecule has 0 radical (unpaired) electrons. The summed E-state index contributed by atoms with van der Waals surface area (Å²) in [6.07, 6.45) is 3.52. The normalized spacial score (nSPS) is 12.6. The number of nitrogens with one attached hydrogen (secondary N) is 1. The first kappa shape index (κ1) is 19.2. The summed E-state index contributed by atoms with van der Waals surface area (Å²) >= 11 is 0. The van der Waals surface area contributed by atoms with Gasteiger partial charge in [0.25, 0.3) is 0 Å². The van der Waals surface area contributed by atoms with E-state index in [2.05, 4.69) is 24.4 Å². The third-order valence-corrected chi connectivity index (χ3v) is 5.31. The summed E-state index contributed by atoms with van der Waals surface area (Å²) in [5.41, 5.74) is 2.68. The zero-order valence-corrected chi connectivity index (χ0v) is 15.8. The van der Waals surface area contributed by atoms with E-state index in [1.807, 2.05) is 18.2 Å². The van der Waals surface area contributed by atoms with E-state index < -0.39 is 9.84 Å². The van der Waals surface area contributed by atoms with Gasteiger partial charge in [0.05, 0.1) is 4.90 Å². The summed E-state index contributed by atoms with van der Waals surface area (Å²) in [5, 5.41) is 2.88. The Balaban J connectivity index is 1.89. The molecular formula is C20H25NO3S. The Labute approximate surface area is 150 Å². The Morgan fingerprint density at radius 3 is 2.40 bits per heavy atom. The van der Waals surface area contributed by atoms with Gasteiger partial charge in [0.15, 0.2) is 9.84 Å². The van der Waals surface area contributed by atoms with Crippen LogP contribution in [0.4, 0.5) is 5.69 Å². The molecule has 4 nitrogen and oxygen atoms in total. The van der Waals surface area contributed by atoms with Crippen molar-refractivity contribution < 1.29 is 13.2 Å². The molecule has 0 bridgehead atoms. The first-order valence-electron chi connectivity index (χ1n) is 8.40. The number of hydrogen-bond acceptors (Lipinski definition) is 3. The number of hydrogen-bond donors (Lipinski definition) is 1. The minimum absolute atomic E-state index is 0.0456. The Hall–Kier alpha value is -2.14. The minimum atomic E-state index is -3.24. The number of rotatable bonds is 7. The molecular weight excluding hydrogens is 334 g/mol. The summed E-state index contributed by atoms with van der Waals surface area (Å²) in [4.78, 5) is 12.5. The highest BCUT2D eigenvalue weighted by Gasteiger charge is 2.13. The molecule has 5 heteroatoms. The second kappa shape index (κ2) is 8.30. The zero-order chi connectivity index (χ0) is 18.4. The van der Waals surface area contributed by atoms with Crippen LogP contribution in [0.25, 0.3) is 0 Å². The number of amides is 1. The molecule has 2 rings (SSSR count). The van der Waals surface area contributed by atoms with Crippen LogP contribution in [-0.4, -0.2) is 20.6 Å². The highest BCUT2D eigenvalue weighted by atomic mass is 32.2. The summed E-state index contributed by atoms with van der Waals surface area (Å²) in [6, 6.07) is 15.0. The first-order valence-corrected chi connectivity index (χ1v) is 10.3. The Morgan fingerprint density at radius 1 is 1.12 bits per heavy atom. The van der Waals surface area contributed by atoms with E-state index in [9.17, 15) is 13.2 Å². The lowest BCUT2D eigenvalue weighted by molar-refractivity contribution is -0.117. The predicted octanol–water partition coefficient (Wildman–Crippen LogP) is 4.00. The largest absolute Gasteiger partial charge is 0.326 e. The maximum absolute atomic E-state index is 12.2. The lowest BCUT2D eigenvalue weighted by atomic mass is 9.98. The monoisotopic (exact) mass is 359 g/mol. The zero-order valence-electron chi connectivity index (χ0n) is 15.0. The van der Waals surface area contributed by atoms with Crippen molar-refractivity contribution in [1.29, 1.82) is 0 Å². The van der Waals surface area contributed by atoms with Crippen molar-refractivity contribution in [1.82, 2.24) is 0 Å². The fourth-order valence-electron chi connectivity index (χ4n) is 2.68. The fraction of sp³-hybridized carbons (Fsp3) is 0.350. The van der Waals surface area contributed by atoms with E-state index in [0.29, 0.717) is 12.1 Å². The highest BCUT2D eigenvalue weighted by molar-refractivity contribution is 7.90. The maximum atomic E-state index is 12.2. The molecule has 0 aliphatic rings. The average Bonchev–Trinajstić information content (AvgIpc) is 2.55. The van der Waals surface area contributed by atoms with Crippen molar-refractivity contribution >= 4 is 21.4 Å². The maximum Gasteiger partial charge on any atom is 0.224 e. The van der Waals surface area contributed by atoms with Crippen molar-refractivity contribution in [3.05, 3.63) is 59.7 Å². The van der Waals surface area contributed by atoms with Crippen LogP contribution in [0.1, 0.15) is 30.9 Å². The molecule has 1 N–H and O–H groups in total. The number of sulfone groups is 1. The number of carbonyl (C=O) groups is 1. The fourth-order valence-corrected chi connectivity index (χ4v) is 3.39. The molecule has 2 aromatic carbocycles. The summed E-state index contributed by atoms with van der Waals surface area (Å²) in [6.45, 7) is 3.87. The van der Waals surface area contributed by atoms with E-state index >= 15 is 0 Å². The molecule has 0 aliphatic heterocycles. The van der Waals surface area contributed by atoms with Gasteiger partial charge in [-0.1, -0.05) is 37.3 Å². The van der Waals surface area contributed by atoms with Crippen LogP contribution in [-0.2, 0) is 21.1 Å². The minimum Gasteiger partial charge on any atom is -0.326 e. The molecule has 0 fully saturated rings. The molecule has 2 aromatic rings. The lowest BCUT2D eigenvalue weighted by Gasteiger charge is -2.13. The smallest absolute Gasteiger partial charge is 0.224 e. The van der Waals surface area contributed by atoms with E-state index in [1.54, 1.807) is 19.1 Å². The third-order valence-electron chi connectivity index (χ3n) is 4.20. The SMILES string of the molecule is Cc1cc(S(C)(=O)=O)ccc1NC(=O)CC(C)CCc1ccccc1. The molecule has 0 saturated heterocycles. The van der Waals surface area contributed by atoms with Crippen molar-refractivity contribution in [2.24, 2.45) is 5.92 Å². The number of benzene rings is 2. The van der Waals surface area contributed by atoms with Gasteiger partial charge < -0.3 is 5.32 Å². The van der Waals surface area contributed by atoms with Crippen molar-refractivity contribution in [3.8, 4) is 0 Å². The van der Waals surface area contributed by atoms with Gasteiger partial charge in [-0.05, 0) is 55.0 Å². The molecule has 25 heavy (non-hydrogen) atoms. The van der Waals surface area contributed by atoms with Crippen LogP contribution in [0, 0.1) is 12.8 Å². The predicted molar refractivity (Wildman–Crippen MR) is 101 cm³/mol. The van der Waals surface area contributed by atoms with Crippen LogP contribution in [0.5, 0.6) is 0 Å². The van der Waals surface area contributed by atoms with Crippen LogP contribution in [0.2, 0.25) is 0 Å². The van der Waals surface area contributed by atoms with Gasteiger partial charge in [-0.15, -0.1) is 0 Å². The molecule has 0 aromatic heterocycles. The molecule has 1 atom stereocenters. The molecule has 0 saturated carbocycles. The second-order valence-electron chi connectivity index (χ2n) is 6.63. The van der Waals surface area contributed by atoms with E-state index in [0.717, 1.165) is 18.4 Å². The standard InChI is InChI=1S/C20H25NO3S/c1-15(9-10-17-7-5-4-6-8-17)13-20(22)21-19-12-11-18(14-16(19)2)25(3,23)24/h4-8,11-12,14-15H,9-10,13H2,1-3H3,(H,21,22). The summed E-state index contributed by atoms with van der Waals surface area (Å²) in [7, 11) is -3.24. The molecule has 134 valence electrons. The number of carbonyl (C=O) groups excluding carboxylic acids is 1.